The molecule has 52 heavy (non-hydrogen) atoms. The van der Waals surface area contributed by atoms with Crippen LogP contribution in [0.4, 0.5) is 18.9 Å². The van der Waals surface area contributed by atoms with E-state index in [1.807, 2.05) is 18.2 Å². The van der Waals surface area contributed by atoms with Gasteiger partial charge in [-0.25, -0.2) is 23.1 Å². The molecule has 2 aliphatic heterocycles. The second kappa shape index (κ2) is 14.6. The van der Waals surface area contributed by atoms with Gasteiger partial charge in [0, 0.05) is 51.5 Å². The van der Waals surface area contributed by atoms with Crippen LogP contribution in [0.15, 0.2) is 72.8 Å². The zero-order valence-electron chi connectivity index (χ0n) is 28.0. The summed E-state index contributed by atoms with van der Waals surface area (Å²) in [5.41, 5.74) is 3.88. The molecule has 2 fully saturated rings. The lowest BCUT2D eigenvalue weighted by Crippen LogP contribution is -2.35. The van der Waals surface area contributed by atoms with Gasteiger partial charge in [-0.1, -0.05) is 23.7 Å². The molecule has 2 saturated heterocycles. The van der Waals surface area contributed by atoms with Gasteiger partial charge in [-0.05, 0) is 86.9 Å². The first-order valence-corrected chi connectivity index (χ1v) is 17.6. The Hall–Kier alpha value is -4.98. The van der Waals surface area contributed by atoms with Crippen LogP contribution in [0, 0.1) is 5.82 Å². The third-order valence-electron chi connectivity index (χ3n) is 9.83. The highest BCUT2D eigenvalue weighted by Gasteiger charge is 2.26. The highest BCUT2D eigenvalue weighted by Crippen LogP contribution is 2.31. The van der Waals surface area contributed by atoms with Crippen molar-refractivity contribution in [3.8, 4) is 5.88 Å². The SMILES string of the molecule is O=C(Nc1ccc2[nH]nc(C(F)F)c2c1)c1ccc2c(c1)nc(CN1CCC(c3cccc(OCc4ccc(Cl)cc4F)n3)CC1)n2C[C@@H]1CCO1. The van der Waals surface area contributed by atoms with Gasteiger partial charge in [-0.3, -0.25) is 14.8 Å². The third-order valence-corrected chi connectivity index (χ3v) is 10.1. The Labute approximate surface area is 301 Å². The molecule has 3 aromatic heterocycles. The van der Waals surface area contributed by atoms with Crippen molar-refractivity contribution < 1.29 is 27.4 Å². The maximum absolute atomic E-state index is 14.2. The number of hydrogen-bond donors (Lipinski definition) is 2. The summed E-state index contributed by atoms with van der Waals surface area (Å²) in [7, 11) is 0. The van der Waals surface area contributed by atoms with E-state index in [-0.39, 0.29) is 35.6 Å². The smallest absolute Gasteiger partial charge is 0.282 e. The van der Waals surface area contributed by atoms with Crippen molar-refractivity contribution in [2.45, 2.75) is 57.4 Å². The Morgan fingerprint density at radius 2 is 1.88 bits per heavy atom. The minimum absolute atomic E-state index is 0.0591. The number of imidazole rings is 1. The normalized spacial score (nSPS) is 16.8. The van der Waals surface area contributed by atoms with Crippen molar-refractivity contribution in [1.82, 2.24) is 29.6 Å². The molecule has 2 N–H and O–H groups in total. The quantitative estimate of drug-likeness (QED) is 0.139. The molecule has 8 rings (SSSR count). The van der Waals surface area contributed by atoms with Crippen LogP contribution in [0.2, 0.25) is 5.02 Å². The number of amides is 1. The first-order valence-electron chi connectivity index (χ1n) is 17.2. The van der Waals surface area contributed by atoms with Crippen LogP contribution in [0.25, 0.3) is 21.9 Å². The van der Waals surface area contributed by atoms with E-state index in [1.54, 1.807) is 42.5 Å². The van der Waals surface area contributed by atoms with Gasteiger partial charge in [0.15, 0.2) is 0 Å². The zero-order valence-corrected chi connectivity index (χ0v) is 28.8. The lowest BCUT2D eigenvalue weighted by Gasteiger charge is -2.32. The van der Waals surface area contributed by atoms with Gasteiger partial charge in [0.1, 0.15) is 23.9 Å². The number of piperidine rings is 1. The molecule has 14 heteroatoms. The van der Waals surface area contributed by atoms with E-state index >= 15 is 0 Å². The molecular formula is C38H35ClF3N7O3. The fraction of sp³-hybridized carbons (Fsp3) is 0.316. The average molecular weight is 730 g/mol. The number of carbonyl (C=O) groups is 1. The van der Waals surface area contributed by atoms with Crippen LogP contribution in [0.1, 0.15) is 64.7 Å². The molecule has 5 heterocycles. The number of halogens is 4. The van der Waals surface area contributed by atoms with E-state index in [0.717, 1.165) is 56.0 Å². The van der Waals surface area contributed by atoms with Crippen molar-refractivity contribution >= 4 is 45.1 Å². The van der Waals surface area contributed by atoms with Crippen LogP contribution >= 0.6 is 11.6 Å². The number of benzene rings is 3. The summed E-state index contributed by atoms with van der Waals surface area (Å²) < 4.78 is 54.8. The number of alkyl halides is 2. The maximum atomic E-state index is 14.2. The van der Waals surface area contributed by atoms with Crippen molar-refractivity contribution in [3.63, 3.8) is 0 Å². The number of carbonyl (C=O) groups excluding carboxylic acids is 1. The molecule has 0 aliphatic carbocycles. The van der Waals surface area contributed by atoms with Crippen LogP contribution < -0.4 is 10.1 Å². The van der Waals surface area contributed by atoms with Gasteiger partial charge in [0.2, 0.25) is 5.88 Å². The average Bonchev–Trinajstić information content (AvgIpc) is 3.70. The van der Waals surface area contributed by atoms with Gasteiger partial charge >= 0.3 is 0 Å². The number of likely N-dealkylation sites (tertiary alicyclic amines) is 1. The number of ether oxygens (including phenoxy) is 2. The predicted molar refractivity (Wildman–Crippen MR) is 190 cm³/mol. The second-order valence-corrected chi connectivity index (χ2v) is 13.7. The predicted octanol–water partition coefficient (Wildman–Crippen LogP) is 8.04. The number of rotatable bonds is 11. The Bertz CT molecular complexity index is 2250. The molecule has 1 amide bonds. The third kappa shape index (κ3) is 7.21. The number of fused-ring (bicyclic) bond motifs is 2. The topological polar surface area (TPSA) is 110 Å². The number of H-pyrrole nitrogens is 1. The minimum atomic E-state index is -2.74. The van der Waals surface area contributed by atoms with Gasteiger partial charge in [-0.2, -0.15) is 5.10 Å². The van der Waals surface area contributed by atoms with Crippen LogP contribution in [-0.2, 0) is 24.4 Å². The molecule has 6 aromatic rings. The van der Waals surface area contributed by atoms with E-state index in [1.165, 1.54) is 12.1 Å². The molecule has 0 spiro atoms. The number of pyridine rings is 1. The first-order chi connectivity index (χ1) is 25.3. The minimum Gasteiger partial charge on any atom is -0.473 e. The fourth-order valence-corrected chi connectivity index (χ4v) is 7.03. The first kappa shape index (κ1) is 34.1. The van der Waals surface area contributed by atoms with Crippen molar-refractivity contribution in [2.24, 2.45) is 0 Å². The van der Waals surface area contributed by atoms with E-state index in [2.05, 4.69) is 25.0 Å². The number of anilines is 1. The largest absolute Gasteiger partial charge is 0.473 e. The number of nitrogens with zero attached hydrogens (tertiary/aromatic N) is 5. The summed E-state index contributed by atoms with van der Waals surface area (Å²) >= 11 is 5.87. The molecule has 0 radical (unpaired) electrons. The molecule has 2 aliphatic rings. The Morgan fingerprint density at radius 3 is 2.65 bits per heavy atom. The van der Waals surface area contributed by atoms with Crippen molar-refractivity contribution in [1.29, 1.82) is 0 Å². The molecule has 3 aromatic carbocycles. The highest BCUT2D eigenvalue weighted by atomic mass is 35.5. The molecule has 10 nitrogen and oxygen atoms in total. The lowest BCUT2D eigenvalue weighted by atomic mass is 9.93. The maximum Gasteiger partial charge on any atom is 0.282 e. The number of hydrogen-bond acceptors (Lipinski definition) is 7. The standard InChI is InChI=1S/C38H35ClF3N7O3/c39-25-6-4-24(29(40)17-25)21-52-35-3-1-2-30(45-35)22-10-13-48(14-11-22)20-34-44-32-16-23(5-9-33(32)49(34)19-27-12-15-51-27)38(50)43-26-7-8-31-28(18-26)36(37(41)42)47-46-31/h1-9,16-18,22,27,37H,10-15,19-21H2,(H,43,50)(H,46,47)/t27-/m0/s1. The molecule has 268 valence electrons. The fourth-order valence-electron chi connectivity index (χ4n) is 6.88. The summed E-state index contributed by atoms with van der Waals surface area (Å²) in [5.74, 6) is 0.823. The van der Waals surface area contributed by atoms with E-state index in [4.69, 9.17) is 31.0 Å². The number of aromatic amines is 1. The Balaban J connectivity index is 0.941. The zero-order chi connectivity index (χ0) is 35.8. The van der Waals surface area contributed by atoms with E-state index < -0.39 is 12.2 Å². The van der Waals surface area contributed by atoms with Crippen molar-refractivity contribution in [2.75, 3.05) is 25.0 Å². The van der Waals surface area contributed by atoms with Gasteiger partial charge in [-0.15, -0.1) is 0 Å². The molecule has 0 saturated carbocycles. The molecule has 1 atom stereocenters. The number of aromatic nitrogens is 5. The Kier molecular flexibility index (Phi) is 9.56. The summed E-state index contributed by atoms with van der Waals surface area (Å²) in [4.78, 5) is 25.4. The van der Waals surface area contributed by atoms with Gasteiger partial charge in [0.05, 0.1) is 35.7 Å². The lowest BCUT2D eigenvalue weighted by molar-refractivity contribution is -0.0592. The summed E-state index contributed by atoms with van der Waals surface area (Å²) in [6.45, 7) is 3.80. The molecule has 0 unspecified atom stereocenters. The van der Waals surface area contributed by atoms with Gasteiger partial charge < -0.3 is 19.4 Å². The van der Waals surface area contributed by atoms with E-state index in [0.29, 0.717) is 51.8 Å². The van der Waals surface area contributed by atoms with Crippen molar-refractivity contribution in [3.05, 3.63) is 112 Å². The summed E-state index contributed by atoms with van der Waals surface area (Å²) in [6.07, 6.45) is 0.156. The van der Waals surface area contributed by atoms with E-state index in [9.17, 15) is 18.0 Å². The molecular weight excluding hydrogens is 695 g/mol. The monoisotopic (exact) mass is 729 g/mol. The second-order valence-electron chi connectivity index (χ2n) is 13.2. The molecule has 0 bridgehead atoms. The summed E-state index contributed by atoms with van der Waals surface area (Å²) in [6, 6.07) is 20.4. The highest BCUT2D eigenvalue weighted by molar-refractivity contribution is 6.30. The van der Waals surface area contributed by atoms with Crippen LogP contribution in [0.3, 0.4) is 0 Å². The Morgan fingerprint density at radius 1 is 1.04 bits per heavy atom. The van der Waals surface area contributed by atoms with Crippen LogP contribution in [0.5, 0.6) is 5.88 Å². The van der Waals surface area contributed by atoms with Gasteiger partial charge in [0.25, 0.3) is 12.3 Å². The number of nitrogens with one attached hydrogen (secondary N) is 2. The summed E-state index contributed by atoms with van der Waals surface area (Å²) in [5, 5.41) is 9.72. The van der Waals surface area contributed by atoms with Crippen LogP contribution in [-0.4, -0.2) is 61.3 Å².